The van der Waals surface area contributed by atoms with Gasteiger partial charge in [0.1, 0.15) is 0 Å². The summed E-state index contributed by atoms with van der Waals surface area (Å²) in [4.78, 5) is 11.0. The van der Waals surface area contributed by atoms with Crippen LogP contribution in [0.25, 0.3) is 0 Å². The zero-order valence-corrected chi connectivity index (χ0v) is 10.7. The number of rotatable bonds is 7. The minimum atomic E-state index is -0.0520. The van der Waals surface area contributed by atoms with E-state index in [4.69, 9.17) is 4.74 Å². The molecule has 0 rings (SSSR count). The summed E-state index contributed by atoms with van der Waals surface area (Å²) in [6, 6.07) is 0. The molecule has 3 heteroatoms. The van der Waals surface area contributed by atoms with Crippen molar-refractivity contribution in [3.8, 4) is 0 Å². The third-order valence-corrected chi connectivity index (χ3v) is 2.74. The Kier molecular flexibility index (Phi) is 8.92. The number of halogens is 1. The van der Waals surface area contributed by atoms with Gasteiger partial charge in [-0.15, -0.1) is 0 Å². The van der Waals surface area contributed by atoms with E-state index in [1.165, 1.54) is 17.3 Å². The molecule has 0 saturated heterocycles. The van der Waals surface area contributed by atoms with Crippen molar-refractivity contribution in [2.75, 3.05) is 11.0 Å². The van der Waals surface area contributed by atoms with E-state index in [0.717, 1.165) is 6.42 Å². The molecule has 0 bridgehead atoms. The maximum absolute atomic E-state index is 11.0. The number of carbonyl (C=O) groups excluding carboxylic acids is 1. The van der Waals surface area contributed by atoms with E-state index in [9.17, 15) is 4.79 Å². The van der Waals surface area contributed by atoms with E-state index in [1.807, 2.05) is 6.92 Å². The first-order valence-corrected chi connectivity index (χ1v) is 6.44. The second kappa shape index (κ2) is 8.78. The molecule has 0 N–H and O–H groups in total. The SMILES string of the molecule is CCOC(=O)CCC(C)CCCI. The maximum Gasteiger partial charge on any atom is 0.305 e. The quantitative estimate of drug-likeness (QED) is 0.410. The van der Waals surface area contributed by atoms with Crippen LogP contribution in [0.4, 0.5) is 0 Å². The van der Waals surface area contributed by atoms with Crippen LogP contribution >= 0.6 is 22.6 Å². The molecule has 0 aliphatic carbocycles. The Hall–Kier alpha value is 0.200. The normalized spacial score (nSPS) is 12.5. The fraction of sp³-hybridized carbons (Fsp3) is 0.900. The standard InChI is InChI=1S/C10H19IO2/c1-3-13-10(12)7-6-9(2)5-4-8-11/h9H,3-8H2,1-2H3. The largest absolute Gasteiger partial charge is 0.466 e. The van der Waals surface area contributed by atoms with E-state index in [2.05, 4.69) is 29.5 Å². The summed E-state index contributed by atoms with van der Waals surface area (Å²) >= 11 is 2.38. The minimum absolute atomic E-state index is 0.0520. The Morgan fingerprint density at radius 3 is 2.69 bits per heavy atom. The molecule has 78 valence electrons. The lowest BCUT2D eigenvalue weighted by molar-refractivity contribution is -0.143. The third kappa shape index (κ3) is 8.53. The molecule has 0 saturated carbocycles. The highest BCUT2D eigenvalue weighted by Gasteiger charge is 2.06. The zero-order chi connectivity index (χ0) is 10.1. The van der Waals surface area contributed by atoms with Gasteiger partial charge in [0.2, 0.25) is 0 Å². The second-order valence-electron chi connectivity index (χ2n) is 3.28. The molecule has 0 aliphatic rings. The first kappa shape index (κ1) is 13.2. The molecule has 0 aromatic carbocycles. The van der Waals surface area contributed by atoms with Crippen molar-refractivity contribution in [2.45, 2.75) is 39.5 Å². The highest BCUT2D eigenvalue weighted by Crippen LogP contribution is 2.13. The minimum Gasteiger partial charge on any atom is -0.466 e. The lowest BCUT2D eigenvalue weighted by Gasteiger charge is -2.09. The summed E-state index contributed by atoms with van der Waals surface area (Å²) in [6.45, 7) is 4.55. The van der Waals surface area contributed by atoms with Crippen LogP contribution in [0.2, 0.25) is 0 Å². The summed E-state index contributed by atoms with van der Waals surface area (Å²) in [6.07, 6.45) is 4.03. The van der Waals surface area contributed by atoms with Gasteiger partial charge in [0, 0.05) is 6.42 Å². The van der Waals surface area contributed by atoms with Gasteiger partial charge in [0.15, 0.2) is 0 Å². The number of hydrogen-bond donors (Lipinski definition) is 0. The molecule has 13 heavy (non-hydrogen) atoms. The molecule has 0 spiro atoms. The highest BCUT2D eigenvalue weighted by molar-refractivity contribution is 14.1. The van der Waals surface area contributed by atoms with Crippen molar-refractivity contribution in [3.05, 3.63) is 0 Å². The van der Waals surface area contributed by atoms with Gasteiger partial charge in [-0.25, -0.2) is 0 Å². The number of ether oxygens (including phenoxy) is 1. The average Bonchev–Trinajstić information content (AvgIpc) is 2.12. The lowest BCUT2D eigenvalue weighted by atomic mass is 10.0. The van der Waals surface area contributed by atoms with Crippen LogP contribution in [0.15, 0.2) is 0 Å². The molecule has 0 aliphatic heterocycles. The molecule has 0 radical (unpaired) electrons. The number of hydrogen-bond acceptors (Lipinski definition) is 2. The van der Waals surface area contributed by atoms with Gasteiger partial charge in [-0.2, -0.15) is 0 Å². The summed E-state index contributed by atoms with van der Waals surface area (Å²) in [5, 5.41) is 0. The average molecular weight is 298 g/mol. The Labute approximate surface area is 94.6 Å². The number of carbonyl (C=O) groups is 1. The molecule has 0 aromatic heterocycles. The zero-order valence-electron chi connectivity index (χ0n) is 8.51. The first-order chi connectivity index (χ1) is 6.20. The van der Waals surface area contributed by atoms with Crippen molar-refractivity contribution >= 4 is 28.6 Å². The molecule has 0 fully saturated rings. The van der Waals surface area contributed by atoms with Crippen LogP contribution in [0.3, 0.4) is 0 Å². The topological polar surface area (TPSA) is 26.3 Å². The Bertz CT molecular complexity index is 137. The summed E-state index contributed by atoms with van der Waals surface area (Å²) in [7, 11) is 0. The van der Waals surface area contributed by atoms with Gasteiger partial charge in [-0.05, 0) is 36.5 Å². The Balaban J connectivity index is 3.34. The van der Waals surface area contributed by atoms with E-state index in [1.54, 1.807) is 0 Å². The van der Waals surface area contributed by atoms with E-state index < -0.39 is 0 Å². The second-order valence-corrected chi connectivity index (χ2v) is 4.36. The van der Waals surface area contributed by atoms with Gasteiger partial charge in [-0.3, -0.25) is 4.79 Å². The van der Waals surface area contributed by atoms with E-state index >= 15 is 0 Å². The van der Waals surface area contributed by atoms with Crippen molar-refractivity contribution in [3.63, 3.8) is 0 Å². The fourth-order valence-electron chi connectivity index (χ4n) is 1.17. The molecule has 1 atom stereocenters. The lowest BCUT2D eigenvalue weighted by Crippen LogP contribution is -2.06. The summed E-state index contributed by atoms with van der Waals surface area (Å²) < 4.78 is 6.07. The molecule has 0 aromatic rings. The highest BCUT2D eigenvalue weighted by atomic mass is 127. The summed E-state index contributed by atoms with van der Waals surface area (Å²) in [5.74, 6) is 0.600. The van der Waals surface area contributed by atoms with Gasteiger partial charge < -0.3 is 4.74 Å². The molecular formula is C10H19IO2. The smallest absolute Gasteiger partial charge is 0.305 e. The van der Waals surface area contributed by atoms with Crippen LogP contribution in [-0.4, -0.2) is 17.0 Å². The monoisotopic (exact) mass is 298 g/mol. The van der Waals surface area contributed by atoms with Crippen LogP contribution < -0.4 is 0 Å². The van der Waals surface area contributed by atoms with Crippen LogP contribution in [0.5, 0.6) is 0 Å². The summed E-state index contributed by atoms with van der Waals surface area (Å²) in [5.41, 5.74) is 0. The number of alkyl halides is 1. The van der Waals surface area contributed by atoms with Gasteiger partial charge in [-0.1, -0.05) is 29.5 Å². The molecule has 0 heterocycles. The van der Waals surface area contributed by atoms with Crippen LogP contribution in [0, 0.1) is 5.92 Å². The van der Waals surface area contributed by atoms with Crippen molar-refractivity contribution in [1.29, 1.82) is 0 Å². The van der Waals surface area contributed by atoms with Crippen LogP contribution in [0.1, 0.15) is 39.5 Å². The Morgan fingerprint density at radius 1 is 1.46 bits per heavy atom. The van der Waals surface area contributed by atoms with Gasteiger partial charge >= 0.3 is 5.97 Å². The van der Waals surface area contributed by atoms with Gasteiger partial charge in [0.25, 0.3) is 0 Å². The molecule has 2 nitrogen and oxygen atoms in total. The Morgan fingerprint density at radius 2 is 2.15 bits per heavy atom. The van der Waals surface area contributed by atoms with Crippen molar-refractivity contribution < 1.29 is 9.53 Å². The fourth-order valence-corrected chi connectivity index (χ4v) is 1.61. The predicted molar refractivity (Wildman–Crippen MR) is 63.2 cm³/mol. The van der Waals surface area contributed by atoms with E-state index in [0.29, 0.717) is 18.9 Å². The molecule has 1 unspecified atom stereocenters. The number of esters is 1. The van der Waals surface area contributed by atoms with Crippen molar-refractivity contribution in [1.82, 2.24) is 0 Å². The first-order valence-electron chi connectivity index (χ1n) is 4.92. The predicted octanol–water partition coefficient (Wildman–Crippen LogP) is 3.18. The van der Waals surface area contributed by atoms with Crippen molar-refractivity contribution in [2.24, 2.45) is 5.92 Å². The van der Waals surface area contributed by atoms with Crippen LogP contribution in [-0.2, 0) is 9.53 Å². The third-order valence-electron chi connectivity index (χ3n) is 1.98. The van der Waals surface area contributed by atoms with E-state index in [-0.39, 0.29) is 5.97 Å². The van der Waals surface area contributed by atoms with Gasteiger partial charge in [0.05, 0.1) is 6.61 Å². The molecule has 0 amide bonds. The maximum atomic E-state index is 11.0. The molecular weight excluding hydrogens is 279 g/mol.